The monoisotopic (exact) mass is 171 g/mol. The highest BCUT2D eigenvalue weighted by Crippen LogP contribution is 2.15. The second kappa shape index (κ2) is 4.46. The van der Waals surface area contributed by atoms with Crippen LogP contribution < -0.4 is 5.73 Å². The molecular weight excluding hydrogens is 158 g/mol. The largest absolute Gasteiger partial charge is 0.472 e. The van der Waals surface area contributed by atoms with Gasteiger partial charge in [0.2, 0.25) is 0 Å². The standard InChI is InChI=1S/C8H13NOS/c1-11-5-3-8(9)7-2-4-10-6-7/h2,4,6,8H,3,5,9H2,1H3. The summed E-state index contributed by atoms with van der Waals surface area (Å²) >= 11 is 1.82. The SMILES string of the molecule is CSCCC(N)c1ccoc1. The van der Waals surface area contributed by atoms with Gasteiger partial charge in [-0.05, 0) is 24.5 Å². The van der Waals surface area contributed by atoms with Crippen molar-refractivity contribution >= 4 is 11.8 Å². The average molecular weight is 171 g/mol. The summed E-state index contributed by atoms with van der Waals surface area (Å²) in [5.74, 6) is 1.10. The lowest BCUT2D eigenvalue weighted by atomic mass is 10.1. The second-order valence-electron chi connectivity index (χ2n) is 2.44. The average Bonchev–Trinajstić information content (AvgIpc) is 2.52. The van der Waals surface area contributed by atoms with Gasteiger partial charge in [-0.3, -0.25) is 0 Å². The normalized spacial score (nSPS) is 13.3. The molecule has 0 bridgehead atoms. The van der Waals surface area contributed by atoms with E-state index in [1.165, 1.54) is 0 Å². The quantitative estimate of drug-likeness (QED) is 0.753. The summed E-state index contributed by atoms with van der Waals surface area (Å²) in [6.07, 6.45) is 6.47. The van der Waals surface area contributed by atoms with Gasteiger partial charge in [0, 0.05) is 11.6 Å². The predicted molar refractivity (Wildman–Crippen MR) is 48.6 cm³/mol. The van der Waals surface area contributed by atoms with Crippen molar-refractivity contribution in [1.82, 2.24) is 0 Å². The molecule has 62 valence electrons. The molecule has 0 radical (unpaired) electrons. The van der Waals surface area contributed by atoms with E-state index in [9.17, 15) is 0 Å². The Kier molecular flexibility index (Phi) is 3.52. The second-order valence-corrected chi connectivity index (χ2v) is 3.43. The van der Waals surface area contributed by atoms with Gasteiger partial charge in [0.05, 0.1) is 12.5 Å². The molecule has 11 heavy (non-hydrogen) atoms. The van der Waals surface area contributed by atoms with Crippen molar-refractivity contribution in [3.05, 3.63) is 24.2 Å². The van der Waals surface area contributed by atoms with Crippen LogP contribution in [0.15, 0.2) is 23.0 Å². The number of hydrogen-bond donors (Lipinski definition) is 1. The van der Waals surface area contributed by atoms with Crippen LogP contribution in [0.2, 0.25) is 0 Å². The molecule has 0 aromatic carbocycles. The zero-order valence-electron chi connectivity index (χ0n) is 6.62. The molecule has 0 aliphatic carbocycles. The van der Waals surface area contributed by atoms with E-state index < -0.39 is 0 Å². The Morgan fingerprint density at radius 1 is 1.73 bits per heavy atom. The maximum absolute atomic E-state index is 5.85. The summed E-state index contributed by atoms with van der Waals surface area (Å²) in [5.41, 5.74) is 6.95. The van der Waals surface area contributed by atoms with Crippen molar-refractivity contribution in [1.29, 1.82) is 0 Å². The molecule has 0 aliphatic rings. The first-order valence-electron chi connectivity index (χ1n) is 3.61. The molecule has 2 N–H and O–H groups in total. The summed E-state index contributed by atoms with van der Waals surface area (Å²) in [4.78, 5) is 0. The van der Waals surface area contributed by atoms with E-state index >= 15 is 0 Å². The van der Waals surface area contributed by atoms with Crippen molar-refractivity contribution in [3.63, 3.8) is 0 Å². The Morgan fingerprint density at radius 3 is 3.09 bits per heavy atom. The van der Waals surface area contributed by atoms with Crippen LogP contribution >= 0.6 is 11.8 Å². The predicted octanol–water partition coefficient (Wildman–Crippen LogP) is 2.03. The van der Waals surface area contributed by atoms with Gasteiger partial charge in [0.15, 0.2) is 0 Å². The molecule has 1 rings (SSSR count). The highest BCUT2D eigenvalue weighted by Gasteiger charge is 2.05. The van der Waals surface area contributed by atoms with E-state index in [2.05, 4.69) is 6.26 Å². The zero-order valence-corrected chi connectivity index (χ0v) is 7.43. The third-order valence-corrected chi connectivity index (χ3v) is 2.25. The minimum absolute atomic E-state index is 0.140. The Bertz CT molecular complexity index is 186. The molecule has 0 spiro atoms. The van der Waals surface area contributed by atoms with Crippen molar-refractivity contribution in [2.75, 3.05) is 12.0 Å². The fraction of sp³-hybridized carbons (Fsp3) is 0.500. The Balaban J connectivity index is 2.36. The van der Waals surface area contributed by atoms with Gasteiger partial charge in [-0.15, -0.1) is 0 Å². The topological polar surface area (TPSA) is 39.2 Å². The Morgan fingerprint density at radius 2 is 2.55 bits per heavy atom. The third-order valence-electron chi connectivity index (χ3n) is 1.60. The van der Waals surface area contributed by atoms with Gasteiger partial charge < -0.3 is 10.2 Å². The summed E-state index contributed by atoms with van der Waals surface area (Å²) in [7, 11) is 0. The van der Waals surface area contributed by atoms with Gasteiger partial charge in [-0.25, -0.2) is 0 Å². The number of nitrogens with two attached hydrogens (primary N) is 1. The van der Waals surface area contributed by atoms with E-state index in [-0.39, 0.29) is 6.04 Å². The smallest absolute Gasteiger partial charge is 0.0950 e. The van der Waals surface area contributed by atoms with Crippen LogP contribution in [0, 0.1) is 0 Å². The van der Waals surface area contributed by atoms with Gasteiger partial charge in [0.1, 0.15) is 0 Å². The van der Waals surface area contributed by atoms with Crippen LogP contribution in [0.1, 0.15) is 18.0 Å². The van der Waals surface area contributed by atoms with Crippen LogP contribution in [0.4, 0.5) is 0 Å². The summed E-state index contributed by atoms with van der Waals surface area (Å²) in [6.45, 7) is 0. The molecule has 1 aromatic heterocycles. The van der Waals surface area contributed by atoms with Gasteiger partial charge >= 0.3 is 0 Å². The van der Waals surface area contributed by atoms with Crippen LogP contribution in [0.5, 0.6) is 0 Å². The number of thioether (sulfide) groups is 1. The van der Waals surface area contributed by atoms with Crippen LogP contribution in [0.25, 0.3) is 0 Å². The third kappa shape index (κ3) is 2.60. The molecule has 1 unspecified atom stereocenters. The molecule has 2 nitrogen and oxygen atoms in total. The molecule has 0 aliphatic heterocycles. The van der Waals surface area contributed by atoms with E-state index in [0.717, 1.165) is 17.7 Å². The summed E-state index contributed by atoms with van der Waals surface area (Å²) in [5, 5.41) is 0. The highest BCUT2D eigenvalue weighted by atomic mass is 32.2. The first-order chi connectivity index (χ1) is 5.34. The van der Waals surface area contributed by atoms with Crippen LogP contribution in [0.3, 0.4) is 0 Å². The van der Waals surface area contributed by atoms with Crippen molar-refractivity contribution in [2.45, 2.75) is 12.5 Å². The molecule has 1 atom stereocenters. The lowest BCUT2D eigenvalue weighted by molar-refractivity contribution is 0.557. The maximum atomic E-state index is 5.85. The Labute approximate surface area is 71.1 Å². The minimum atomic E-state index is 0.140. The fourth-order valence-corrected chi connectivity index (χ4v) is 1.39. The van der Waals surface area contributed by atoms with Crippen molar-refractivity contribution in [2.24, 2.45) is 5.73 Å². The molecule has 0 saturated carbocycles. The minimum Gasteiger partial charge on any atom is -0.472 e. The van der Waals surface area contributed by atoms with E-state index in [0.29, 0.717) is 0 Å². The van der Waals surface area contributed by atoms with Gasteiger partial charge in [-0.2, -0.15) is 11.8 Å². The van der Waals surface area contributed by atoms with Crippen molar-refractivity contribution < 1.29 is 4.42 Å². The number of furan rings is 1. The summed E-state index contributed by atoms with van der Waals surface area (Å²) < 4.78 is 4.93. The molecule has 0 saturated heterocycles. The molecule has 0 fully saturated rings. The van der Waals surface area contributed by atoms with E-state index in [1.807, 2.05) is 17.8 Å². The number of hydrogen-bond acceptors (Lipinski definition) is 3. The lowest BCUT2D eigenvalue weighted by Gasteiger charge is -2.06. The van der Waals surface area contributed by atoms with Crippen LogP contribution in [-0.2, 0) is 0 Å². The molecule has 0 amide bonds. The summed E-state index contributed by atoms with van der Waals surface area (Å²) in [6, 6.07) is 2.06. The maximum Gasteiger partial charge on any atom is 0.0950 e. The first-order valence-corrected chi connectivity index (χ1v) is 5.00. The van der Waals surface area contributed by atoms with Gasteiger partial charge in [-0.1, -0.05) is 0 Å². The fourth-order valence-electron chi connectivity index (χ4n) is 0.897. The van der Waals surface area contributed by atoms with Gasteiger partial charge in [0.25, 0.3) is 0 Å². The van der Waals surface area contributed by atoms with Crippen molar-refractivity contribution in [3.8, 4) is 0 Å². The lowest BCUT2D eigenvalue weighted by Crippen LogP contribution is -2.09. The molecular formula is C8H13NOS. The molecule has 3 heteroatoms. The zero-order chi connectivity index (χ0) is 8.10. The van der Waals surface area contributed by atoms with E-state index in [4.69, 9.17) is 10.2 Å². The molecule has 1 heterocycles. The highest BCUT2D eigenvalue weighted by molar-refractivity contribution is 7.98. The molecule has 1 aromatic rings. The number of rotatable bonds is 4. The van der Waals surface area contributed by atoms with Crippen LogP contribution in [-0.4, -0.2) is 12.0 Å². The Hall–Kier alpha value is -0.410. The first kappa shape index (κ1) is 8.68. The van der Waals surface area contributed by atoms with E-state index in [1.54, 1.807) is 12.5 Å².